The lowest BCUT2D eigenvalue weighted by molar-refractivity contribution is 0.215. The number of rotatable bonds is 8. The van der Waals surface area contributed by atoms with Crippen molar-refractivity contribution in [2.75, 3.05) is 6.54 Å². The van der Waals surface area contributed by atoms with Crippen LogP contribution in [-0.4, -0.2) is 12.6 Å². The van der Waals surface area contributed by atoms with E-state index in [2.05, 4.69) is 31.3 Å². The molecule has 1 heterocycles. The molecule has 0 bridgehead atoms. The molecular formula is C17H23NO2. The van der Waals surface area contributed by atoms with Crippen molar-refractivity contribution in [3.8, 4) is 5.75 Å². The van der Waals surface area contributed by atoms with Gasteiger partial charge in [0.2, 0.25) is 0 Å². The molecule has 0 fully saturated rings. The molecule has 0 aliphatic rings. The molecule has 0 radical (unpaired) electrons. The van der Waals surface area contributed by atoms with Gasteiger partial charge < -0.3 is 14.5 Å². The Morgan fingerprint density at radius 1 is 1.20 bits per heavy atom. The molecule has 0 saturated carbocycles. The first kappa shape index (κ1) is 14.7. The molecule has 0 spiro atoms. The van der Waals surface area contributed by atoms with Gasteiger partial charge in [0.25, 0.3) is 0 Å². The van der Waals surface area contributed by atoms with Crippen LogP contribution in [0.1, 0.15) is 31.6 Å². The highest BCUT2D eigenvalue weighted by molar-refractivity contribution is 5.27. The van der Waals surface area contributed by atoms with Crippen LogP contribution in [0.5, 0.6) is 5.75 Å². The van der Waals surface area contributed by atoms with Crippen molar-refractivity contribution in [3.63, 3.8) is 0 Å². The molecular weight excluding hydrogens is 250 g/mol. The molecule has 0 amide bonds. The minimum atomic E-state index is 0.127. The molecule has 1 unspecified atom stereocenters. The summed E-state index contributed by atoms with van der Waals surface area (Å²) in [6.07, 6.45) is 4.12. The standard InChI is InChI=1S/C17H23NO2/c1-3-5-15-7-9-16(10-8-15)20-14(2)12-18-13-17-6-4-11-19-17/h4,6-11,14,18H,3,5,12-13H2,1-2H3. The predicted octanol–water partition coefficient (Wildman–Crippen LogP) is 3.79. The number of aryl methyl sites for hydroxylation is 1. The highest BCUT2D eigenvalue weighted by Gasteiger charge is 2.04. The number of benzene rings is 1. The summed E-state index contributed by atoms with van der Waals surface area (Å²) in [5, 5.41) is 3.32. The fraction of sp³-hybridized carbons (Fsp3) is 0.412. The molecule has 2 rings (SSSR count). The Kier molecular flexibility index (Phi) is 5.69. The van der Waals surface area contributed by atoms with E-state index in [0.717, 1.165) is 31.0 Å². The van der Waals surface area contributed by atoms with E-state index in [9.17, 15) is 0 Å². The zero-order valence-corrected chi connectivity index (χ0v) is 12.3. The van der Waals surface area contributed by atoms with Crippen LogP contribution >= 0.6 is 0 Å². The minimum Gasteiger partial charge on any atom is -0.489 e. The summed E-state index contributed by atoms with van der Waals surface area (Å²) in [7, 11) is 0. The second-order valence-corrected chi connectivity index (χ2v) is 5.03. The van der Waals surface area contributed by atoms with Crippen LogP contribution in [0, 0.1) is 0 Å². The van der Waals surface area contributed by atoms with E-state index in [0.29, 0.717) is 0 Å². The lowest BCUT2D eigenvalue weighted by Gasteiger charge is -2.15. The summed E-state index contributed by atoms with van der Waals surface area (Å²) in [6.45, 7) is 5.78. The first-order valence-electron chi connectivity index (χ1n) is 7.26. The minimum absolute atomic E-state index is 0.127. The first-order valence-corrected chi connectivity index (χ1v) is 7.26. The molecule has 1 aromatic heterocycles. The summed E-state index contributed by atoms with van der Waals surface area (Å²) < 4.78 is 11.1. The highest BCUT2D eigenvalue weighted by Crippen LogP contribution is 2.14. The van der Waals surface area contributed by atoms with Crippen LogP contribution < -0.4 is 10.1 Å². The molecule has 1 atom stereocenters. The SMILES string of the molecule is CCCc1ccc(OC(C)CNCc2ccco2)cc1. The Hall–Kier alpha value is -1.74. The molecule has 3 heteroatoms. The van der Waals surface area contributed by atoms with Crippen molar-refractivity contribution in [1.29, 1.82) is 0 Å². The van der Waals surface area contributed by atoms with Gasteiger partial charge >= 0.3 is 0 Å². The quantitative estimate of drug-likeness (QED) is 0.794. The molecule has 0 saturated heterocycles. The van der Waals surface area contributed by atoms with Crippen LogP contribution in [0.2, 0.25) is 0 Å². The van der Waals surface area contributed by atoms with E-state index in [1.165, 1.54) is 12.0 Å². The summed E-state index contributed by atoms with van der Waals surface area (Å²) in [5.41, 5.74) is 1.36. The van der Waals surface area contributed by atoms with Gasteiger partial charge in [-0.1, -0.05) is 25.5 Å². The Labute approximate surface area is 121 Å². The fourth-order valence-corrected chi connectivity index (χ4v) is 2.11. The largest absolute Gasteiger partial charge is 0.489 e. The van der Waals surface area contributed by atoms with Gasteiger partial charge in [0.15, 0.2) is 0 Å². The highest BCUT2D eigenvalue weighted by atomic mass is 16.5. The number of ether oxygens (including phenoxy) is 1. The van der Waals surface area contributed by atoms with E-state index < -0.39 is 0 Å². The van der Waals surface area contributed by atoms with E-state index in [1.54, 1.807) is 6.26 Å². The number of furan rings is 1. The smallest absolute Gasteiger partial charge is 0.119 e. The Balaban J connectivity index is 1.71. The van der Waals surface area contributed by atoms with Crippen molar-refractivity contribution in [2.45, 2.75) is 39.3 Å². The van der Waals surface area contributed by atoms with Gasteiger partial charge in [-0.05, 0) is 43.2 Å². The number of hydrogen-bond donors (Lipinski definition) is 1. The van der Waals surface area contributed by atoms with Gasteiger partial charge in [-0.15, -0.1) is 0 Å². The third-order valence-electron chi connectivity index (χ3n) is 3.11. The van der Waals surface area contributed by atoms with Crippen molar-refractivity contribution < 1.29 is 9.15 Å². The van der Waals surface area contributed by atoms with Crippen LogP contribution in [0.4, 0.5) is 0 Å². The normalized spacial score (nSPS) is 12.3. The topological polar surface area (TPSA) is 34.4 Å². The number of nitrogens with one attached hydrogen (secondary N) is 1. The van der Waals surface area contributed by atoms with Crippen molar-refractivity contribution in [1.82, 2.24) is 5.32 Å². The van der Waals surface area contributed by atoms with Gasteiger partial charge in [-0.2, -0.15) is 0 Å². The summed E-state index contributed by atoms with van der Waals surface area (Å²) in [6, 6.07) is 12.2. The Morgan fingerprint density at radius 2 is 2.00 bits per heavy atom. The maximum atomic E-state index is 5.87. The number of hydrogen-bond acceptors (Lipinski definition) is 3. The second kappa shape index (κ2) is 7.75. The average molecular weight is 273 g/mol. The van der Waals surface area contributed by atoms with Crippen LogP contribution in [-0.2, 0) is 13.0 Å². The maximum Gasteiger partial charge on any atom is 0.119 e. The predicted molar refractivity (Wildman–Crippen MR) is 80.9 cm³/mol. The monoisotopic (exact) mass is 273 g/mol. The molecule has 2 aromatic rings. The van der Waals surface area contributed by atoms with E-state index in [1.807, 2.05) is 24.3 Å². The second-order valence-electron chi connectivity index (χ2n) is 5.03. The van der Waals surface area contributed by atoms with Crippen molar-refractivity contribution in [3.05, 3.63) is 54.0 Å². The molecule has 108 valence electrons. The van der Waals surface area contributed by atoms with Gasteiger partial charge in [-0.3, -0.25) is 0 Å². The summed E-state index contributed by atoms with van der Waals surface area (Å²) in [4.78, 5) is 0. The van der Waals surface area contributed by atoms with E-state index in [4.69, 9.17) is 9.15 Å². The molecule has 1 N–H and O–H groups in total. The van der Waals surface area contributed by atoms with Gasteiger partial charge in [0, 0.05) is 6.54 Å². The third-order valence-corrected chi connectivity index (χ3v) is 3.11. The lowest BCUT2D eigenvalue weighted by atomic mass is 10.1. The zero-order chi connectivity index (χ0) is 14.2. The zero-order valence-electron chi connectivity index (χ0n) is 12.3. The van der Waals surface area contributed by atoms with Crippen LogP contribution in [0.25, 0.3) is 0 Å². The molecule has 0 aliphatic heterocycles. The maximum absolute atomic E-state index is 5.87. The lowest BCUT2D eigenvalue weighted by Crippen LogP contribution is -2.28. The van der Waals surface area contributed by atoms with E-state index in [-0.39, 0.29) is 6.10 Å². The molecule has 1 aromatic carbocycles. The van der Waals surface area contributed by atoms with Crippen LogP contribution in [0.15, 0.2) is 47.1 Å². The first-order chi connectivity index (χ1) is 9.78. The Bertz CT molecular complexity index is 476. The fourth-order valence-electron chi connectivity index (χ4n) is 2.11. The summed E-state index contributed by atoms with van der Waals surface area (Å²) in [5.74, 6) is 1.87. The van der Waals surface area contributed by atoms with Crippen molar-refractivity contribution in [2.24, 2.45) is 0 Å². The van der Waals surface area contributed by atoms with Gasteiger partial charge in [0.1, 0.15) is 17.6 Å². The average Bonchev–Trinajstić information content (AvgIpc) is 2.94. The van der Waals surface area contributed by atoms with Crippen LogP contribution in [0.3, 0.4) is 0 Å². The Morgan fingerprint density at radius 3 is 2.65 bits per heavy atom. The molecule has 0 aliphatic carbocycles. The summed E-state index contributed by atoms with van der Waals surface area (Å²) >= 11 is 0. The molecule has 3 nitrogen and oxygen atoms in total. The van der Waals surface area contributed by atoms with Gasteiger partial charge in [-0.25, -0.2) is 0 Å². The van der Waals surface area contributed by atoms with Crippen molar-refractivity contribution >= 4 is 0 Å². The van der Waals surface area contributed by atoms with E-state index >= 15 is 0 Å². The third kappa shape index (κ3) is 4.74. The van der Waals surface area contributed by atoms with Gasteiger partial charge in [0.05, 0.1) is 12.8 Å². The molecule has 20 heavy (non-hydrogen) atoms.